The number of benzene rings is 1. The molecule has 1 aromatic heterocycles. The first-order valence-electron chi connectivity index (χ1n) is 6.83. The van der Waals surface area contributed by atoms with Gasteiger partial charge >= 0.3 is 0 Å². The molecule has 0 bridgehead atoms. The molecule has 0 saturated carbocycles. The van der Waals surface area contributed by atoms with Crippen molar-refractivity contribution >= 4 is 30.1 Å². The molecule has 2 aromatic rings. The number of ether oxygens (including phenoxy) is 1. The molecule has 1 N–H and O–H groups in total. The third-order valence-electron chi connectivity index (χ3n) is 3.04. The lowest BCUT2D eigenvalue weighted by atomic mass is 10.1. The Balaban J connectivity index is 1.98. The van der Waals surface area contributed by atoms with Crippen LogP contribution in [-0.2, 0) is 6.73 Å². The molecule has 22 heavy (non-hydrogen) atoms. The van der Waals surface area contributed by atoms with Crippen molar-refractivity contribution in [1.82, 2.24) is 15.1 Å². The van der Waals surface area contributed by atoms with Gasteiger partial charge in [-0.15, -0.1) is 0 Å². The molecule has 0 saturated heterocycles. The Hall–Kier alpha value is -1.66. The summed E-state index contributed by atoms with van der Waals surface area (Å²) in [5, 5.41) is 7.62. The highest BCUT2D eigenvalue weighted by molar-refractivity contribution is 7.80. The van der Waals surface area contributed by atoms with Crippen LogP contribution in [-0.4, -0.2) is 28.0 Å². The van der Waals surface area contributed by atoms with Gasteiger partial charge in [0.1, 0.15) is 11.4 Å². The minimum atomic E-state index is -0.217. The number of aryl methyl sites for hydroxylation is 2. The number of aromatic nitrogens is 2. The molecule has 1 amide bonds. The summed E-state index contributed by atoms with van der Waals surface area (Å²) in [6.07, 6.45) is 1.70. The fourth-order valence-electron chi connectivity index (χ4n) is 1.94. The van der Waals surface area contributed by atoms with E-state index in [2.05, 4.69) is 23.0 Å². The molecule has 1 aromatic carbocycles. The van der Waals surface area contributed by atoms with Crippen LogP contribution in [0, 0.1) is 13.8 Å². The molecule has 0 unspecified atom stereocenters. The highest BCUT2D eigenvalue weighted by Crippen LogP contribution is 2.25. The number of nitrogens with one attached hydrogen (secondary N) is 1. The van der Waals surface area contributed by atoms with Gasteiger partial charge in [-0.25, -0.2) is 4.68 Å². The van der Waals surface area contributed by atoms with Crippen LogP contribution in [0.25, 0.3) is 0 Å². The molecule has 0 fully saturated rings. The standard InChI is InChI=1S/C15H18ClN3O2S/c1-10-7-12(8-11(2)14(10)16)21-9-19-5-3-13(18-19)15(20)17-4-6-22/h3,5,7-8,22H,4,6,9H2,1-2H3,(H,17,20). The summed E-state index contributed by atoms with van der Waals surface area (Å²) in [6, 6.07) is 5.40. The predicted molar refractivity (Wildman–Crippen MR) is 90.0 cm³/mol. The maximum absolute atomic E-state index is 11.7. The Labute approximate surface area is 140 Å². The molecule has 0 radical (unpaired) electrons. The van der Waals surface area contributed by atoms with Gasteiger partial charge in [0.25, 0.3) is 5.91 Å². The number of carbonyl (C=O) groups excluding carboxylic acids is 1. The molecule has 7 heteroatoms. The van der Waals surface area contributed by atoms with E-state index < -0.39 is 0 Å². The Morgan fingerprint density at radius 1 is 1.41 bits per heavy atom. The summed E-state index contributed by atoms with van der Waals surface area (Å²) < 4.78 is 7.25. The molecule has 0 aliphatic heterocycles. The zero-order chi connectivity index (χ0) is 16.1. The predicted octanol–water partition coefficient (Wildman–Crippen LogP) is 2.85. The van der Waals surface area contributed by atoms with Crippen LogP contribution in [0.3, 0.4) is 0 Å². The average Bonchev–Trinajstić information content (AvgIpc) is 2.97. The van der Waals surface area contributed by atoms with Crippen molar-refractivity contribution in [3.05, 3.63) is 46.2 Å². The van der Waals surface area contributed by atoms with Gasteiger partial charge in [-0.1, -0.05) is 11.6 Å². The first-order valence-corrected chi connectivity index (χ1v) is 7.84. The fraction of sp³-hybridized carbons (Fsp3) is 0.333. The number of carbonyl (C=O) groups is 1. The number of hydrogen-bond acceptors (Lipinski definition) is 4. The molecule has 0 aliphatic rings. The van der Waals surface area contributed by atoms with Crippen molar-refractivity contribution in [3.8, 4) is 5.75 Å². The Morgan fingerprint density at radius 2 is 2.09 bits per heavy atom. The van der Waals surface area contributed by atoms with Crippen molar-refractivity contribution in [3.63, 3.8) is 0 Å². The van der Waals surface area contributed by atoms with Crippen LogP contribution in [0.5, 0.6) is 5.75 Å². The van der Waals surface area contributed by atoms with Gasteiger partial charge in [-0.05, 0) is 43.2 Å². The quantitative estimate of drug-likeness (QED) is 0.796. The van der Waals surface area contributed by atoms with Gasteiger partial charge in [0, 0.05) is 23.5 Å². The van der Waals surface area contributed by atoms with E-state index in [1.807, 2.05) is 26.0 Å². The van der Waals surface area contributed by atoms with E-state index in [1.165, 1.54) is 0 Å². The van der Waals surface area contributed by atoms with Crippen LogP contribution in [0.4, 0.5) is 0 Å². The Morgan fingerprint density at radius 3 is 2.73 bits per heavy atom. The summed E-state index contributed by atoms with van der Waals surface area (Å²) in [6.45, 7) is 4.59. The summed E-state index contributed by atoms with van der Waals surface area (Å²) in [4.78, 5) is 11.7. The molecule has 0 atom stereocenters. The van der Waals surface area contributed by atoms with Crippen LogP contribution < -0.4 is 10.1 Å². The third kappa shape index (κ3) is 4.18. The first kappa shape index (κ1) is 16.7. The molecule has 0 spiro atoms. The van der Waals surface area contributed by atoms with E-state index >= 15 is 0 Å². The number of thiol groups is 1. The van der Waals surface area contributed by atoms with Gasteiger partial charge in [-0.3, -0.25) is 4.79 Å². The van der Waals surface area contributed by atoms with E-state index in [4.69, 9.17) is 16.3 Å². The molecular formula is C15H18ClN3O2S. The number of amides is 1. The topological polar surface area (TPSA) is 56.1 Å². The van der Waals surface area contributed by atoms with Crippen molar-refractivity contribution in [2.45, 2.75) is 20.6 Å². The SMILES string of the molecule is Cc1cc(OCn2ccc(C(=O)NCCS)n2)cc(C)c1Cl. The smallest absolute Gasteiger partial charge is 0.271 e. The Bertz CT molecular complexity index is 650. The third-order valence-corrected chi connectivity index (χ3v) is 3.86. The van der Waals surface area contributed by atoms with Gasteiger partial charge in [-0.2, -0.15) is 17.7 Å². The van der Waals surface area contributed by atoms with Gasteiger partial charge in [0.05, 0.1) is 0 Å². The molecule has 5 nitrogen and oxygen atoms in total. The maximum atomic E-state index is 11.7. The summed E-state index contributed by atoms with van der Waals surface area (Å²) >= 11 is 10.2. The van der Waals surface area contributed by atoms with Crippen LogP contribution in [0.1, 0.15) is 21.6 Å². The van der Waals surface area contributed by atoms with E-state index in [0.717, 1.165) is 21.9 Å². The average molecular weight is 340 g/mol. The van der Waals surface area contributed by atoms with Crippen molar-refractivity contribution in [2.75, 3.05) is 12.3 Å². The van der Waals surface area contributed by atoms with Gasteiger partial charge < -0.3 is 10.1 Å². The lowest BCUT2D eigenvalue weighted by Gasteiger charge is -2.10. The largest absolute Gasteiger partial charge is 0.471 e. The van der Waals surface area contributed by atoms with Gasteiger partial charge in [0.2, 0.25) is 0 Å². The van der Waals surface area contributed by atoms with Gasteiger partial charge in [0.15, 0.2) is 6.73 Å². The first-order chi connectivity index (χ1) is 10.5. The minimum absolute atomic E-state index is 0.217. The number of hydrogen-bond donors (Lipinski definition) is 2. The number of rotatable bonds is 6. The van der Waals surface area contributed by atoms with E-state index in [1.54, 1.807) is 16.9 Å². The van der Waals surface area contributed by atoms with Crippen molar-refractivity contribution in [1.29, 1.82) is 0 Å². The number of halogens is 1. The fourth-order valence-corrected chi connectivity index (χ4v) is 2.17. The van der Waals surface area contributed by atoms with E-state index in [-0.39, 0.29) is 12.6 Å². The van der Waals surface area contributed by atoms with Crippen LogP contribution in [0.15, 0.2) is 24.4 Å². The lowest BCUT2D eigenvalue weighted by molar-refractivity contribution is 0.0949. The van der Waals surface area contributed by atoms with Crippen LogP contribution in [0.2, 0.25) is 5.02 Å². The highest BCUT2D eigenvalue weighted by atomic mass is 35.5. The normalized spacial score (nSPS) is 10.5. The number of nitrogens with zero attached hydrogens (tertiary/aromatic N) is 2. The zero-order valence-electron chi connectivity index (χ0n) is 12.5. The summed E-state index contributed by atoms with van der Waals surface area (Å²) in [5.74, 6) is 1.09. The monoisotopic (exact) mass is 339 g/mol. The second kappa shape index (κ2) is 7.56. The molecule has 1 heterocycles. The van der Waals surface area contributed by atoms with Crippen molar-refractivity contribution in [2.24, 2.45) is 0 Å². The second-order valence-corrected chi connectivity index (χ2v) is 5.69. The highest BCUT2D eigenvalue weighted by Gasteiger charge is 2.09. The minimum Gasteiger partial charge on any atom is -0.471 e. The maximum Gasteiger partial charge on any atom is 0.271 e. The lowest BCUT2D eigenvalue weighted by Crippen LogP contribution is -2.26. The van der Waals surface area contributed by atoms with E-state index in [9.17, 15) is 4.79 Å². The molecular weight excluding hydrogens is 322 g/mol. The van der Waals surface area contributed by atoms with Crippen molar-refractivity contribution < 1.29 is 9.53 Å². The molecule has 0 aliphatic carbocycles. The summed E-state index contributed by atoms with van der Waals surface area (Å²) in [5.41, 5.74) is 2.28. The van der Waals surface area contributed by atoms with Crippen LogP contribution >= 0.6 is 24.2 Å². The molecule has 118 valence electrons. The Kier molecular flexibility index (Phi) is 5.74. The zero-order valence-corrected chi connectivity index (χ0v) is 14.1. The van der Waals surface area contributed by atoms with E-state index in [0.29, 0.717) is 18.0 Å². The molecule has 2 rings (SSSR count). The second-order valence-electron chi connectivity index (χ2n) is 4.86. The summed E-state index contributed by atoms with van der Waals surface area (Å²) in [7, 11) is 0.